The Bertz CT molecular complexity index is 331. The highest BCUT2D eigenvalue weighted by molar-refractivity contribution is 7.09. The van der Waals surface area contributed by atoms with Gasteiger partial charge in [-0.3, -0.25) is 4.79 Å². The molecule has 88 valence electrons. The first-order chi connectivity index (χ1) is 7.75. The maximum atomic E-state index is 11.5. The van der Waals surface area contributed by atoms with Gasteiger partial charge in [-0.2, -0.15) is 0 Å². The second-order valence-corrected chi connectivity index (χ2v) is 5.15. The Labute approximate surface area is 100 Å². The molecule has 1 atom stereocenters. The second-order valence-electron chi connectivity index (χ2n) is 4.11. The van der Waals surface area contributed by atoms with E-state index in [1.54, 1.807) is 18.3 Å². The summed E-state index contributed by atoms with van der Waals surface area (Å²) in [6.45, 7) is 3.91. The van der Waals surface area contributed by atoms with Gasteiger partial charge in [-0.1, -0.05) is 6.07 Å². The molecule has 1 unspecified atom stereocenters. The number of carbonyl (C=O) groups is 1. The fraction of sp³-hybridized carbons (Fsp3) is 0.583. The standard InChI is InChI=1S/C12H17NO2S/c1-10(14)13(8-11-4-2-6-15-11)9-12-5-3-7-16-12/h3,5,7,11H,2,4,6,8-9H2,1H3. The van der Waals surface area contributed by atoms with Crippen LogP contribution < -0.4 is 0 Å². The number of hydrogen-bond donors (Lipinski definition) is 0. The van der Waals surface area contributed by atoms with Crippen LogP contribution in [-0.2, 0) is 16.1 Å². The summed E-state index contributed by atoms with van der Waals surface area (Å²) in [7, 11) is 0. The Morgan fingerprint density at radius 1 is 1.69 bits per heavy atom. The molecule has 1 aromatic rings. The van der Waals surface area contributed by atoms with E-state index in [0.29, 0.717) is 6.54 Å². The number of hydrogen-bond acceptors (Lipinski definition) is 3. The van der Waals surface area contributed by atoms with Gasteiger partial charge in [0.05, 0.1) is 12.6 Å². The fourth-order valence-corrected chi connectivity index (χ4v) is 2.65. The van der Waals surface area contributed by atoms with Crippen LogP contribution in [0.5, 0.6) is 0 Å². The topological polar surface area (TPSA) is 29.5 Å². The van der Waals surface area contributed by atoms with Crippen molar-refractivity contribution in [1.29, 1.82) is 0 Å². The van der Waals surface area contributed by atoms with E-state index in [-0.39, 0.29) is 12.0 Å². The number of carbonyl (C=O) groups excluding carboxylic acids is 1. The van der Waals surface area contributed by atoms with Gasteiger partial charge >= 0.3 is 0 Å². The molecule has 0 saturated carbocycles. The zero-order valence-electron chi connectivity index (χ0n) is 9.52. The van der Waals surface area contributed by atoms with Crippen molar-refractivity contribution in [3.8, 4) is 0 Å². The zero-order chi connectivity index (χ0) is 11.4. The minimum atomic E-state index is 0.129. The molecule has 1 amide bonds. The van der Waals surface area contributed by atoms with E-state index in [9.17, 15) is 4.79 Å². The highest BCUT2D eigenvalue weighted by Gasteiger charge is 2.20. The number of rotatable bonds is 4. The van der Waals surface area contributed by atoms with Gasteiger partial charge < -0.3 is 9.64 Å². The fourth-order valence-electron chi connectivity index (χ4n) is 1.93. The van der Waals surface area contributed by atoms with Crippen LogP contribution in [0, 0.1) is 0 Å². The molecule has 1 aromatic heterocycles. The van der Waals surface area contributed by atoms with Crippen LogP contribution in [0.1, 0.15) is 24.6 Å². The zero-order valence-corrected chi connectivity index (χ0v) is 10.3. The van der Waals surface area contributed by atoms with Crippen molar-refractivity contribution in [1.82, 2.24) is 4.90 Å². The first kappa shape index (κ1) is 11.6. The Hall–Kier alpha value is -0.870. The summed E-state index contributed by atoms with van der Waals surface area (Å²) in [6.07, 6.45) is 2.44. The van der Waals surface area contributed by atoms with Gasteiger partial charge in [0.15, 0.2) is 0 Å². The summed E-state index contributed by atoms with van der Waals surface area (Å²) >= 11 is 1.69. The predicted molar refractivity (Wildman–Crippen MR) is 64.4 cm³/mol. The number of ether oxygens (including phenoxy) is 1. The number of thiophene rings is 1. The highest BCUT2D eigenvalue weighted by atomic mass is 32.1. The van der Waals surface area contributed by atoms with Gasteiger partial charge in [-0.25, -0.2) is 0 Å². The minimum Gasteiger partial charge on any atom is -0.376 e. The van der Waals surface area contributed by atoms with Crippen LogP contribution in [0.15, 0.2) is 17.5 Å². The summed E-state index contributed by atoms with van der Waals surface area (Å²) in [6, 6.07) is 4.08. The van der Waals surface area contributed by atoms with Gasteiger partial charge in [-0.15, -0.1) is 11.3 Å². The average Bonchev–Trinajstić information content (AvgIpc) is 2.88. The van der Waals surface area contributed by atoms with Crippen LogP contribution in [-0.4, -0.2) is 30.1 Å². The molecule has 1 aliphatic rings. The van der Waals surface area contributed by atoms with Crippen LogP contribution in [0.25, 0.3) is 0 Å². The van der Waals surface area contributed by atoms with Gasteiger partial charge in [0, 0.05) is 25.0 Å². The molecule has 16 heavy (non-hydrogen) atoms. The Morgan fingerprint density at radius 2 is 2.56 bits per heavy atom. The van der Waals surface area contributed by atoms with Crippen LogP contribution in [0.2, 0.25) is 0 Å². The molecular formula is C12H17NO2S. The second kappa shape index (κ2) is 5.46. The summed E-state index contributed by atoms with van der Waals surface area (Å²) in [5.41, 5.74) is 0. The molecule has 2 heterocycles. The van der Waals surface area contributed by atoms with Gasteiger partial charge in [0.2, 0.25) is 5.91 Å². The van der Waals surface area contributed by atoms with E-state index in [1.165, 1.54) is 4.88 Å². The molecule has 0 aromatic carbocycles. The van der Waals surface area contributed by atoms with E-state index in [0.717, 1.165) is 26.0 Å². The summed E-state index contributed by atoms with van der Waals surface area (Å²) in [5, 5.41) is 2.04. The largest absolute Gasteiger partial charge is 0.376 e. The molecule has 0 bridgehead atoms. The number of nitrogens with zero attached hydrogens (tertiary/aromatic N) is 1. The van der Waals surface area contributed by atoms with Crippen molar-refractivity contribution in [2.24, 2.45) is 0 Å². The smallest absolute Gasteiger partial charge is 0.219 e. The molecule has 0 aliphatic carbocycles. The lowest BCUT2D eigenvalue weighted by atomic mass is 10.2. The van der Waals surface area contributed by atoms with Crippen LogP contribution in [0.4, 0.5) is 0 Å². The van der Waals surface area contributed by atoms with Gasteiger partial charge in [0.25, 0.3) is 0 Å². The average molecular weight is 239 g/mol. The summed E-state index contributed by atoms with van der Waals surface area (Å²) in [5.74, 6) is 0.129. The lowest BCUT2D eigenvalue weighted by molar-refractivity contribution is -0.131. The Morgan fingerprint density at radius 3 is 3.12 bits per heavy atom. The third-order valence-electron chi connectivity index (χ3n) is 2.82. The molecule has 0 N–H and O–H groups in total. The molecule has 4 heteroatoms. The third-order valence-corrected chi connectivity index (χ3v) is 3.68. The van der Waals surface area contributed by atoms with E-state index in [1.807, 2.05) is 16.3 Å². The highest BCUT2D eigenvalue weighted by Crippen LogP contribution is 2.17. The van der Waals surface area contributed by atoms with E-state index < -0.39 is 0 Å². The molecule has 2 rings (SSSR count). The summed E-state index contributed by atoms with van der Waals surface area (Å²) in [4.78, 5) is 14.6. The van der Waals surface area contributed by atoms with Crippen molar-refractivity contribution in [2.45, 2.75) is 32.4 Å². The van der Waals surface area contributed by atoms with Gasteiger partial charge in [-0.05, 0) is 24.3 Å². The van der Waals surface area contributed by atoms with E-state index in [2.05, 4.69) is 6.07 Å². The first-order valence-electron chi connectivity index (χ1n) is 5.65. The maximum Gasteiger partial charge on any atom is 0.219 e. The van der Waals surface area contributed by atoms with Crippen molar-refractivity contribution >= 4 is 17.2 Å². The minimum absolute atomic E-state index is 0.129. The number of amides is 1. The van der Waals surface area contributed by atoms with Crippen molar-refractivity contribution in [2.75, 3.05) is 13.2 Å². The molecule has 0 radical (unpaired) electrons. The maximum absolute atomic E-state index is 11.5. The Balaban J connectivity index is 1.91. The lowest BCUT2D eigenvalue weighted by Crippen LogP contribution is -2.35. The first-order valence-corrected chi connectivity index (χ1v) is 6.53. The monoisotopic (exact) mass is 239 g/mol. The van der Waals surface area contributed by atoms with Crippen molar-refractivity contribution in [3.05, 3.63) is 22.4 Å². The molecule has 1 fully saturated rings. The van der Waals surface area contributed by atoms with Crippen molar-refractivity contribution in [3.63, 3.8) is 0 Å². The Kier molecular flexibility index (Phi) is 3.96. The van der Waals surface area contributed by atoms with E-state index in [4.69, 9.17) is 4.74 Å². The summed E-state index contributed by atoms with van der Waals surface area (Å²) < 4.78 is 5.56. The van der Waals surface area contributed by atoms with E-state index >= 15 is 0 Å². The van der Waals surface area contributed by atoms with Crippen molar-refractivity contribution < 1.29 is 9.53 Å². The SMILES string of the molecule is CC(=O)N(Cc1cccs1)CC1CCCO1. The van der Waals surface area contributed by atoms with Gasteiger partial charge in [0.1, 0.15) is 0 Å². The van der Waals surface area contributed by atoms with Crippen LogP contribution in [0.3, 0.4) is 0 Å². The molecular weight excluding hydrogens is 222 g/mol. The predicted octanol–water partition coefficient (Wildman–Crippen LogP) is 2.28. The quantitative estimate of drug-likeness (QED) is 0.806. The molecule has 0 spiro atoms. The third kappa shape index (κ3) is 3.06. The normalized spacial score (nSPS) is 19.9. The molecule has 1 aliphatic heterocycles. The lowest BCUT2D eigenvalue weighted by Gasteiger charge is -2.23. The van der Waals surface area contributed by atoms with Crippen LogP contribution >= 0.6 is 11.3 Å². The molecule has 3 nitrogen and oxygen atoms in total. The molecule has 1 saturated heterocycles.